The number of nitrogens with zero attached hydrogens (tertiary/aromatic N) is 1. The van der Waals surface area contributed by atoms with E-state index in [-0.39, 0.29) is 31.0 Å². The van der Waals surface area contributed by atoms with Gasteiger partial charge < -0.3 is 15.0 Å². The monoisotopic (exact) mass is 436 g/mol. The fourth-order valence-electron chi connectivity index (χ4n) is 2.87. The van der Waals surface area contributed by atoms with Crippen molar-refractivity contribution in [2.45, 2.75) is 45.8 Å². The van der Waals surface area contributed by atoms with E-state index < -0.39 is 6.04 Å². The Bertz CT molecular complexity index is 825. The van der Waals surface area contributed by atoms with Crippen LogP contribution in [0.5, 0.6) is 5.75 Å². The molecule has 0 saturated heterocycles. The number of benzene rings is 2. The molecule has 0 aromatic heterocycles. The smallest absolute Gasteiger partial charge is 0.261 e. The molecule has 0 spiro atoms. The van der Waals surface area contributed by atoms with Crippen LogP contribution in [-0.2, 0) is 16.1 Å². The van der Waals surface area contributed by atoms with Crippen molar-refractivity contribution >= 4 is 35.0 Å². The summed E-state index contributed by atoms with van der Waals surface area (Å²) in [5.74, 6) is -0.0678. The third-order valence-electron chi connectivity index (χ3n) is 4.27. The van der Waals surface area contributed by atoms with Crippen LogP contribution in [0.4, 0.5) is 0 Å². The molecule has 29 heavy (non-hydrogen) atoms. The van der Waals surface area contributed by atoms with E-state index in [1.807, 2.05) is 32.9 Å². The molecule has 7 heteroatoms. The predicted octanol–water partition coefficient (Wildman–Crippen LogP) is 4.70. The lowest BCUT2D eigenvalue weighted by Crippen LogP contribution is -2.51. The first-order chi connectivity index (χ1) is 13.8. The number of halogens is 2. The zero-order chi connectivity index (χ0) is 21.4. The standard InChI is InChI=1S/C22H26Cl2N2O3/c1-4-19(22(28)25-15(2)3)26(13-16-9-11-17(23)12-10-16)21(27)14-29-20-8-6-5-7-18(20)24/h5-12,15,19H,4,13-14H2,1-3H3,(H,25,28)/t19-/m1/s1. The SMILES string of the molecule is CC[C@H](C(=O)NC(C)C)N(Cc1ccc(Cl)cc1)C(=O)COc1ccccc1Cl. The van der Waals surface area contributed by atoms with E-state index in [1.165, 1.54) is 4.90 Å². The number of ether oxygens (including phenoxy) is 1. The zero-order valence-corrected chi connectivity index (χ0v) is 18.3. The van der Waals surface area contributed by atoms with Crippen LogP contribution in [0.3, 0.4) is 0 Å². The van der Waals surface area contributed by atoms with Gasteiger partial charge in [-0.1, -0.05) is 54.4 Å². The predicted molar refractivity (Wildman–Crippen MR) is 116 cm³/mol. The molecule has 0 fully saturated rings. The van der Waals surface area contributed by atoms with E-state index in [0.717, 1.165) is 5.56 Å². The number of hydrogen-bond acceptors (Lipinski definition) is 3. The molecule has 2 amide bonds. The highest BCUT2D eigenvalue weighted by atomic mass is 35.5. The van der Waals surface area contributed by atoms with Gasteiger partial charge >= 0.3 is 0 Å². The van der Waals surface area contributed by atoms with Crippen LogP contribution >= 0.6 is 23.2 Å². The topological polar surface area (TPSA) is 58.6 Å². The highest BCUT2D eigenvalue weighted by Gasteiger charge is 2.29. The third-order valence-corrected chi connectivity index (χ3v) is 4.84. The minimum absolute atomic E-state index is 0.0246. The fraction of sp³-hybridized carbons (Fsp3) is 0.364. The Morgan fingerprint density at radius 3 is 2.31 bits per heavy atom. The highest BCUT2D eigenvalue weighted by molar-refractivity contribution is 6.32. The number of nitrogens with one attached hydrogen (secondary N) is 1. The second-order valence-corrected chi connectivity index (χ2v) is 7.80. The number of hydrogen-bond donors (Lipinski definition) is 1. The Morgan fingerprint density at radius 1 is 1.07 bits per heavy atom. The molecule has 0 aliphatic heterocycles. The normalized spacial score (nSPS) is 11.8. The van der Waals surface area contributed by atoms with Crippen LogP contribution in [0.1, 0.15) is 32.8 Å². The first-order valence-electron chi connectivity index (χ1n) is 9.53. The van der Waals surface area contributed by atoms with Crippen molar-refractivity contribution in [3.63, 3.8) is 0 Å². The van der Waals surface area contributed by atoms with E-state index in [1.54, 1.807) is 36.4 Å². The lowest BCUT2D eigenvalue weighted by molar-refractivity contribution is -0.143. The van der Waals surface area contributed by atoms with E-state index in [9.17, 15) is 9.59 Å². The van der Waals surface area contributed by atoms with Crippen molar-refractivity contribution in [2.75, 3.05) is 6.61 Å². The van der Waals surface area contributed by atoms with Gasteiger partial charge in [0.15, 0.2) is 6.61 Å². The summed E-state index contributed by atoms with van der Waals surface area (Å²) in [4.78, 5) is 27.3. The van der Waals surface area contributed by atoms with E-state index in [4.69, 9.17) is 27.9 Å². The van der Waals surface area contributed by atoms with Crippen molar-refractivity contribution in [1.82, 2.24) is 10.2 Å². The number of rotatable bonds is 9. The third kappa shape index (κ3) is 6.94. The molecule has 0 aliphatic rings. The van der Waals surface area contributed by atoms with Crippen LogP contribution in [0.2, 0.25) is 10.0 Å². The Morgan fingerprint density at radius 2 is 1.72 bits per heavy atom. The van der Waals surface area contributed by atoms with Gasteiger partial charge in [0, 0.05) is 17.6 Å². The molecule has 0 unspecified atom stereocenters. The molecule has 156 valence electrons. The van der Waals surface area contributed by atoms with Crippen molar-refractivity contribution in [1.29, 1.82) is 0 Å². The molecular weight excluding hydrogens is 411 g/mol. The summed E-state index contributed by atoms with van der Waals surface area (Å²) in [5, 5.41) is 3.93. The van der Waals surface area contributed by atoms with Gasteiger partial charge in [0.2, 0.25) is 5.91 Å². The Hall–Kier alpha value is -2.24. The molecule has 1 N–H and O–H groups in total. The van der Waals surface area contributed by atoms with Crippen molar-refractivity contribution in [3.8, 4) is 5.75 Å². The summed E-state index contributed by atoms with van der Waals surface area (Å²) in [6.45, 7) is 5.70. The van der Waals surface area contributed by atoms with E-state index >= 15 is 0 Å². The Balaban J connectivity index is 2.21. The molecule has 2 rings (SSSR count). The van der Waals surface area contributed by atoms with Gasteiger partial charge in [-0.2, -0.15) is 0 Å². The van der Waals surface area contributed by atoms with Gasteiger partial charge in [-0.3, -0.25) is 9.59 Å². The van der Waals surface area contributed by atoms with Crippen molar-refractivity contribution < 1.29 is 14.3 Å². The Labute approximate surface area is 181 Å². The Kier molecular flexibility index (Phi) is 8.80. The summed E-state index contributed by atoms with van der Waals surface area (Å²) < 4.78 is 5.62. The number of carbonyl (C=O) groups is 2. The van der Waals surface area contributed by atoms with Gasteiger partial charge in [0.05, 0.1) is 5.02 Å². The summed E-state index contributed by atoms with van der Waals surface area (Å²) in [7, 11) is 0. The number of amides is 2. The lowest BCUT2D eigenvalue weighted by Gasteiger charge is -2.31. The van der Waals surface area contributed by atoms with Gasteiger partial charge in [-0.05, 0) is 50.1 Å². The summed E-state index contributed by atoms with van der Waals surface area (Å²) >= 11 is 12.1. The van der Waals surface area contributed by atoms with Crippen molar-refractivity contribution in [3.05, 3.63) is 64.1 Å². The molecule has 2 aromatic rings. The molecule has 2 aromatic carbocycles. The minimum Gasteiger partial charge on any atom is -0.482 e. The van der Waals surface area contributed by atoms with Gasteiger partial charge in [-0.25, -0.2) is 0 Å². The first kappa shape index (κ1) is 23.0. The van der Waals surface area contributed by atoms with Crippen LogP contribution in [0.15, 0.2) is 48.5 Å². The summed E-state index contributed by atoms with van der Waals surface area (Å²) in [6.07, 6.45) is 0.476. The molecule has 1 atom stereocenters. The second kappa shape index (κ2) is 11.1. The lowest BCUT2D eigenvalue weighted by atomic mass is 10.1. The largest absolute Gasteiger partial charge is 0.482 e. The molecular formula is C22H26Cl2N2O3. The second-order valence-electron chi connectivity index (χ2n) is 6.95. The highest BCUT2D eigenvalue weighted by Crippen LogP contribution is 2.23. The summed E-state index contributed by atoms with van der Waals surface area (Å²) in [5.41, 5.74) is 0.872. The van der Waals surface area contributed by atoms with Crippen LogP contribution in [0, 0.1) is 0 Å². The molecule has 0 heterocycles. The molecule has 0 radical (unpaired) electrons. The molecule has 0 bridgehead atoms. The van der Waals surface area contributed by atoms with Gasteiger partial charge in [0.25, 0.3) is 5.91 Å². The zero-order valence-electron chi connectivity index (χ0n) is 16.8. The van der Waals surface area contributed by atoms with Crippen LogP contribution in [0.25, 0.3) is 0 Å². The van der Waals surface area contributed by atoms with E-state index in [2.05, 4.69) is 5.32 Å². The minimum atomic E-state index is -0.615. The van der Waals surface area contributed by atoms with Crippen LogP contribution in [-0.4, -0.2) is 35.4 Å². The van der Waals surface area contributed by atoms with Crippen LogP contribution < -0.4 is 10.1 Å². The summed E-state index contributed by atoms with van der Waals surface area (Å²) in [6, 6.07) is 13.5. The fourth-order valence-corrected chi connectivity index (χ4v) is 3.19. The van der Waals surface area contributed by atoms with Crippen molar-refractivity contribution in [2.24, 2.45) is 0 Å². The maximum atomic E-state index is 13.0. The maximum absolute atomic E-state index is 13.0. The molecule has 5 nitrogen and oxygen atoms in total. The molecule has 0 saturated carbocycles. The molecule has 0 aliphatic carbocycles. The van der Waals surface area contributed by atoms with E-state index in [0.29, 0.717) is 22.2 Å². The number of para-hydroxylation sites is 1. The number of carbonyl (C=O) groups excluding carboxylic acids is 2. The van der Waals surface area contributed by atoms with Gasteiger partial charge in [0.1, 0.15) is 11.8 Å². The average Bonchev–Trinajstić information content (AvgIpc) is 2.68. The maximum Gasteiger partial charge on any atom is 0.261 e. The van der Waals surface area contributed by atoms with Gasteiger partial charge in [-0.15, -0.1) is 0 Å². The average molecular weight is 437 g/mol. The quantitative estimate of drug-likeness (QED) is 0.619. The first-order valence-corrected chi connectivity index (χ1v) is 10.3.